The minimum atomic E-state index is -1.04. The molecule has 1 saturated heterocycles. The molecule has 8 heteroatoms. The van der Waals surface area contributed by atoms with E-state index in [9.17, 15) is 23.9 Å². The zero-order valence-electron chi connectivity index (χ0n) is 16.1. The van der Waals surface area contributed by atoms with Crippen LogP contribution in [0.1, 0.15) is 18.1 Å². The Morgan fingerprint density at radius 2 is 1.97 bits per heavy atom. The van der Waals surface area contributed by atoms with E-state index >= 15 is 0 Å². The number of para-hydroxylation sites is 1. The van der Waals surface area contributed by atoms with Crippen molar-refractivity contribution in [2.45, 2.75) is 13.3 Å². The van der Waals surface area contributed by atoms with Gasteiger partial charge in [-0.2, -0.15) is 0 Å². The normalized spacial score (nSPS) is 15.3. The number of rotatable bonds is 6. The lowest BCUT2D eigenvalue weighted by Gasteiger charge is -2.26. The number of benzene rings is 2. The third-order valence-electron chi connectivity index (χ3n) is 4.35. The van der Waals surface area contributed by atoms with Crippen molar-refractivity contribution in [3.63, 3.8) is 0 Å². The molecule has 4 amide bonds. The van der Waals surface area contributed by atoms with Crippen molar-refractivity contribution in [1.29, 1.82) is 0 Å². The maximum absolute atomic E-state index is 14.2. The molecular weight excluding hydrogens is 391 g/mol. The van der Waals surface area contributed by atoms with Crippen LogP contribution in [-0.2, 0) is 16.0 Å². The lowest BCUT2D eigenvalue weighted by molar-refractivity contribution is -0.122. The van der Waals surface area contributed by atoms with E-state index in [1.165, 1.54) is 30.3 Å². The van der Waals surface area contributed by atoms with E-state index in [-0.39, 0.29) is 29.4 Å². The molecular formula is C22H19FN2O5. The summed E-state index contributed by atoms with van der Waals surface area (Å²) in [5, 5.41) is 12.3. The van der Waals surface area contributed by atoms with Gasteiger partial charge in [-0.25, -0.2) is 14.1 Å². The molecule has 0 spiro atoms. The summed E-state index contributed by atoms with van der Waals surface area (Å²) in [6, 6.07) is 7.23. The molecule has 0 unspecified atom stereocenters. The number of halogens is 1. The molecule has 1 aliphatic heterocycles. The van der Waals surface area contributed by atoms with Gasteiger partial charge in [-0.1, -0.05) is 18.2 Å². The molecule has 1 heterocycles. The van der Waals surface area contributed by atoms with E-state index in [0.717, 1.165) is 6.07 Å². The first-order valence-electron chi connectivity index (χ1n) is 9.13. The predicted molar refractivity (Wildman–Crippen MR) is 109 cm³/mol. The van der Waals surface area contributed by atoms with E-state index in [1.807, 2.05) is 5.32 Å². The standard InChI is InChI=1S/C22H19FN2O5/c1-3-7-14-10-13(12-18(19(14)26)30-4-2)11-15-20(27)24-22(29)25(21(15)28)17-9-6-5-8-16(17)23/h3,5-6,8-12,26H,1,4,7H2,2H3,(H,24,27,29). The van der Waals surface area contributed by atoms with E-state index in [0.29, 0.717) is 22.4 Å². The molecule has 154 valence electrons. The number of aromatic hydroxyl groups is 1. The van der Waals surface area contributed by atoms with Gasteiger partial charge in [-0.15, -0.1) is 6.58 Å². The first-order valence-corrected chi connectivity index (χ1v) is 9.13. The minimum absolute atomic E-state index is 0.0681. The Morgan fingerprint density at radius 3 is 2.63 bits per heavy atom. The van der Waals surface area contributed by atoms with E-state index < -0.39 is 23.7 Å². The maximum atomic E-state index is 14.2. The van der Waals surface area contributed by atoms with Crippen molar-refractivity contribution >= 4 is 29.6 Å². The van der Waals surface area contributed by atoms with Crippen molar-refractivity contribution in [1.82, 2.24) is 5.32 Å². The number of imide groups is 2. The Morgan fingerprint density at radius 1 is 1.23 bits per heavy atom. The van der Waals surface area contributed by atoms with Gasteiger partial charge in [0.25, 0.3) is 11.8 Å². The van der Waals surface area contributed by atoms with Crippen molar-refractivity contribution in [3.05, 3.63) is 71.6 Å². The van der Waals surface area contributed by atoms with Crippen LogP contribution in [0.15, 0.2) is 54.6 Å². The summed E-state index contributed by atoms with van der Waals surface area (Å²) in [6.07, 6.45) is 3.16. The summed E-state index contributed by atoms with van der Waals surface area (Å²) < 4.78 is 19.6. The summed E-state index contributed by atoms with van der Waals surface area (Å²) in [5.41, 5.74) is 0.227. The van der Waals surface area contributed by atoms with E-state index in [2.05, 4.69) is 6.58 Å². The zero-order valence-corrected chi connectivity index (χ0v) is 16.1. The van der Waals surface area contributed by atoms with Crippen molar-refractivity contribution in [2.24, 2.45) is 0 Å². The highest BCUT2D eigenvalue weighted by Gasteiger charge is 2.38. The van der Waals surface area contributed by atoms with Crippen LogP contribution in [0, 0.1) is 5.82 Å². The molecule has 3 rings (SSSR count). The largest absolute Gasteiger partial charge is 0.504 e. The second kappa shape index (κ2) is 8.60. The van der Waals surface area contributed by atoms with Crippen LogP contribution in [0.25, 0.3) is 6.08 Å². The number of barbiturate groups is 1. The molecule has 2 N–H and O–H groups in total. The number of ether oxygens (including phenoxy) is 1. The molecule has 0 aromatic heterocycles. The van der Waals surface area contributed by atoms with Gasteiger partial charge in [-0.3, -0.25) is 14.9 Å². The molecule has 1 aliphatic rings. The molecule has 0 aliphatic carbocycles. The lowest BCUT2D eigenvalue weighted by atomic mass is 10.0. The number of urea groups is 1. The van der Waals surface area contributed by atoms with Gasteiger partial charge in [0.2, 0.25) is 0 Å². The first-order chi connectivity index (χ1) is 14.4. The highest BCUT2D eigenvalue weighted by molar-refractivity contribution is 6.39. The summed E-state index contributed by atoms with van der Waals surface area (Å²) in [4.78, 5) is 38.0. The number of phenols is 1. The van der Waals surface area contributed by atoms with E-state index in [1.54, 1.807) is 19.1 Å². The molecule has 30 heavy (non-hydrogen) atoms. The van der Waals surface area contributed by atoms with Gasteiger partial charge in [-0.05, 0) is 49.2 Å². The Bertz CT molecular complexity index is 1080. The van der Waals surface area contributed by atoms with Gasteiger partial charge in [0.15, 0.2) is 11.5 Å². The second-order valence-corrected chi connectivity index (χ2v) is 6.36. The third kappa shape index (κ3) is 3.93. The number of phenolic OH excluding ortho intramolecular Hbond substituents is 1. The van der Waals surface area contributed by atoms with Crippen LogP contribution >= 0.6 is 0 Å². The van der Waals surface area contributed by atoms with Gasteiger partial charge in [0.05, 0.1) is 12.3 Å². The number of amides is 4. The van der Waals surface area contributed by atoms with Gasteiger partial charge < -0.3 is 9.84 Å². The van der Waals surface area contributed by atoms with Gasteiger partial charge in [0, 0.05) is 5.56 Å². The van der Waals surface area contributed by atoms with Crippen LogP contribution in [0.5, 0.6) is 11.5 Å². The van der Waals surface area contributed by atoms with Gasteiger partial charge >= 0.3 is 6.03 Å². The van der Waals surface area contributed by atoms with E-state index in [4.69, 9.17) is 4.74 Å². The molecule has 1 fully saturated rings. The SMILES string of the molecule is C=CCc1cc(C=C2C(=O)NC(=O)N(c3ccccc3F)C2=O)cc(OCC)c1O. The Labute approximate surface area is 172 Å². The molecule has 0 atom stereocenters. The summed E-state index contributed by atoms with van der Waals surface area (Å²) in [6.45, 7) is 5.67. The van der Waals surface area contributed by atoms with Crippen molar-refractivity contribution in [2.75, 3.05) is 11.5 Å². The third-order valence-corrected chi connectivity index (χ3v) is 4.35. The molecule has 2 aromatic carbocycles. The zero-order chi connectivity index (χ0) is 21.8. The smallest absolute Gasteiger partial charge is 0.336 e. The Hall–Kier alpha value is -3.94. The number of carbonyl (C=O) groups excluding carboxylic acids is 3. The summed E-state index contributed by atoms with van der Waals surface area (Å²) in [7, 11) is 0. The topological polar surface area (TPSA) is 95.9 Å². The average Bonchev–Trinajstić information content (AvgIpc) is 2.70. The summed E-state index contributed by atoms with van der Waals surface area (Å²) in [5.74, 6) is -2.55. The van der Waals surface area contributed by atoms with Crippen LogP contribution in [0.3, 0.4) is 0 Å². The average molecular weight is 410 g/mol. The number of hydrogen-bond acceptors (Lipinski definition) is 5. The van der Waals surface area contributed by atoms with Crippen LogP contribution in [-0.4, -0.2) is 29.6 Å². The number of carbonyl (C=O) groups is 3. The Kier molecular flexibility index (Phi) is 5.96. The van der Waals surface area contributed by atoms with Crippen molar-refractivity contribution < 1.29 is 28.6 Å². The number of allylic oxidation sites excluding steroid dienone is 1. The fourth-order valence-electron chi connectivity index (χ4n) is 3.03. The first kappa shape index (κ1) is 20.8. The number of nitrogens with zero attached hydrogens (tertiary/aromatic N) is 1. The predicted octanol–water partition coefficient (Wildman–Crippen LogP) is 3.32. The quantitative estimate of drug-likeness (QED) is 0.433. The highest BCUT2D eigenvalue weighted by atomic mass is 19.1. The van der Waals surface area contributed by atoms with Crippen LogP contribution < -0.4 is 15.0 Å². The molecule has 0 radical (unpaired) electrons. The van der Waals surface area contributed by atoms with Crippen molar-refractivity contribution in [3.8, 4) is 11.5 Å². The Balaban J connectivity index is 2.08. The van der Waals surface area contributed by atoms with Gasteiger partial charge in [0.1, 0.15) is 11.4 Å². The number of hydrogen-bond donors (Lipinski definition) is 2. The maximum Gasteiger partial charge on any atom is 0.336 e. The molecule has 7 nitrogen and oxygen atoms in total. The molecule has 0 saturated carbocycles. The lowest BCUT2D eigenvalue weighted by Crippen LogP contribution is -2.54. The second-order valence-electron chi connectivity index (χ2n) is 6.36. The number of anilines is 1. The highest BCUT2D eigenvalue weighted by Crippen LogP contribution is 2.33. The fourth-order valence-corrected chi connectivity index (χ4v) is 3.03. The van der Waals surface area contributed by atoms with Crippen LogP contribution in [0.2, 0.25) is 0 Å². The molecule has 2 aromatic rings. The minimum Gasteiger partial charge on any atom is -0.504 e. The summed E-state index contributed by atoms with van der Waals surface area (Å²) >= 11 is 0. The number of nitrogens with one attached hydrogen (secondary N) is 1. The monoisotopic (exact) mass is 410 g/mol. The molecule has 0 bridgehead atoms. The van der Waals surface area contributed by atoms with Crippen LogP contribution in [0.4, 0.5) is 14.9 Å². The fraction of sp³-hybridized carbons (Fsp3) is 0.136.